The number of aliphatic imine (C=N–C) groups is 1. The molecular weight excluding hydrogens is 479 g/mol. The smallest absolute Gasteiger partial charge is 0.251 e. The van der Waals surface area contributed by atoms with Gasteiger partial charge in [-0.15, -0.1) is 24.0 Å². The summed E-state index contributed by atoms with van der Waals surface area (Å²) in [6.07, 6.45) is 6.93. The Bertz CT molecular complexity index is 640. The molecule has 1 aromatic carbocycles. The molecule has 0 saturated heterocycles. The standard InChI is InChI=1S/C22H36N4O2.HI/c1-3-23-20(28)19-10-8-9-18(15-19)16-25-21(24-4-2)26-17-22(13-14-27)11-6-5-7-12-22;/h8-10,15,27H,3-7,11-14,16-17H2,1-2H3,(H,23,28)(H2,24,25,26);1H. The van der Waals surface area contributed by atoms with Gasteiger partial charge in [-0.2, -0.15) is 0 Å². The fourth-order valence-corrected chi connectivity index (χ4v) is 3.91. The third-order valence-electron chi connectivity index (χ3n) is 5.48. The molecule has 0 atom stereocenters. The van der Waals surface area contributed by atoms with Crippen LogP contribution in [0.1, 0.15) is 68.3 Å². The van der Waals surface area contributed by atoms with E-state index in [0.29, 0.717) is 18.7 Å². The number of rotatable bonds is 9. The van der Waals surface area contributed by atoms with Crippen molar-refractivity contribution in [3.63, 3.8) is 0 Å². The van der Waals surface area contributed by atoms with E-state index in [-0.39, 0.29) is 41.9 Å². The molecule has 0 spiro atoms. The van der Waals surface area contributed by atoms with E-state index in [9.17, 15) is 9.90 Å². The summed E-state index contributed by atoms with van der Waals surface area (Å²) in [6.45, 7) is 6.95. The Kier molecular flexibility index (Phi) is 12.2. The van der Waals surface area contributed by atoms with Gasteiger partial charge in [-0.05, 0) is 56.2 Å². The van der Waals surface area contributed by atoms with Crippen molar-refractivity contribution >= 4 is 35.8 Å². The first-order valence-corrected chi connectivity index (χ1v) is 10.6. The second-order valence-electron chi connectivity index (χ2n) is 7.64. The van der Waals surface area contributed by atoms with Crippen molar-refractivity contribution in [2.45, 2.75) is 58.9 Å². The third kappa shape index (κ3) is 8.50. The van der Waals surface area contributed by atoms with Crippen LogP contribution in [-0.4, -0.2) is 43.2 Å². The highest BCUT2D eigenvalue weighted by molar-refractivity contribution is 14.0. The zero-order valence-corrected chi connectivity index (χ0v) is 20.1. The molecular formula is C22H37IN4O2. The van der Waals surface area contributed by atoms with E-state index in [1.165, 1.54) is 19.3 Å². The lowest BCUT2D eigenvalue weighted by molar-refractivity contribution is 0.0955. The quantitative estimate of drug-likeness (QED) is 0.230. The van der Waals surface area contributed by atoms with Crippen molar-refractivity contribution in [3.8, 4) is 0 Å². The van der Waals surface area contributed by atoms with Gasteiger partial charge in [0, 0.05) is 31.8 Å². The predicted octanol–water partition coefficient (Wildman–Crippen LogP) is 3.44. The molecule has 6 nitrogen and oxygen atoms in total. The van der Waals surface area contributed by atoms with Crippen LogP contribution in [0.5, 0.6) is 0 Å². The Morgan fingerprint density at radius 2 is 1.83 bits per heavy atom. The van der Waals surface area contributed by atoms with Crippen molar-refractivity contribution in [1.82, 2.24) is 16.0 Å². The third-order valence-corrected chi connectivity index (χ3v) is 5.48. The maximum Gasteiger partial charge on any atom is 0.251 e. The van der Waals surface area contributed by atoms with Crippen LogP contribution in [0, 0.1) is 5.41 Å². The van der Waals surface area contributed by atoms with E-state index < -0.39 is 0 Å². The summed E-state index contributed by atoms with van der Waals surface area (Å²) < 4.78 is 0. The van der Waals surface area contributed by atoms with Crippen LogP contribution in [-0.2, 0) is 6.54 Å². The van der Waals surface area contributed by atoms with Crippen molar-refractivity contribution in [3.05, 3.63) is 35.4 Å². The van der Waals surface area contributed by atoms with Crippen LogP contribution in [0.25, 0.3) is 0 Å². The minimum absolute atomic E-state index is 0. The van der Waals surface area contributed by atoms with Gasteiger partial charge < -0.3 is 21.1 Å². The first kappa shape index (κ1) is 25.7. The van der Waals surface area contributed by atoms with Gasteiger partial charge in [0.2, 0.25) is 0 Å². The van der Waals surface area contributed by atoms with E-state index in [0.717, 1.165) is 43.9 Å². The molecule has 164 valence electrons. The topological polar surface area (TPSA) is 85.8 Å². The van der Waals surface area contributed by atoms with E-state index >= 15 is 0 Å². The van der Waals surface area contributed by atoms with Gasteiger partial charge in [-0.3, -0.25) is 4.79 Å². The molecule has 0 radical (unpaired) electrons. The second kappa shape index (κ2) is 13.8. The zero-order valence-electron chi connectivity index (χ0n) is 17.8. The molecule has 7 heteroatoms. The first-order valence-electron chi connectivity index (χ1n) is 10.6. The Morgan fingerprint density at radius 1 is 1.10 bits per heavy atom. The summed E-state index contributed by atoms with van der Waals surface area (Å²) in [5, 5.41) is 19.1. The number of carbonyl (C=O) groups is 1. The van der Waals surface area contributed by atoms with E-state index in [1.807, 2.05) is 31.2 Å². The zero-order chi connectivity index (χ0) is 20.2. The van der Waals surface area contributed by atoms with Crippen LogP contribution >= 0.6 is 24.0 Å². The minimum atomic E-state index is -0.0541. The molecule has 0 bridgehead atoms. The first-order chi connectivity index (χ1) is 13.6. The Morgan fingerprint density at radius 3 is 2.48 bits per heavy atom. The summed E-state index contributed by atoms with van der Waals surface area (Å²) in [6, 6.07) is 7.61. The SMILES string of the molecule is CCNC(=O)c1cccc(CN=C(NCC)NCC2(CCO)CCCCC2)c1.I. The van der Waals surface area contributed by atoms with Gasteiger partial charge >= 0.3 is 0 Å². The summed E-state index contributed by atoms with van der Waals surface area (Å²) >= 11 is 0. The molecule has 1 amide bonds. The number of benzene rings is 1. The summed E-state index contributed by atoms with van der Waals surface area (Å²) in [5.74, 6) is 0.732. The van der Waals surface area contributed by atoms with Crippen LogP contribution in [0.4, 0.5) is 0 Å². The van der Waals surface area contributed by atoms with Crippen molar-refractivity contribution in [2.75, 3.05) is 26.2 Å². The number of hydrogen-bond acceptors (Lipinski definition) is 3. The van der Waals surface area contributed by atoms with Crippen LogP contribution in [0.3, 0.4) is 0 Å². The number of nitrogens with one attached hydrogen (secondary N) is 3. The number of guanidine groups is 1. The molecule has 0 aromatic heterocycles. The average molecular weight is 516 g/mol. The van der Waals surface area contributed by atoms with Gasteiger partial charge in [0.15, 0.2) is 5.96 Å². The highest BCUT2D eigenvalue weighted by atomic mass is 127. The molecule has 0 heterocycles. The molecule has 1 fully saturated rings. The number of aliphatic hydroxyl groups excluding tert-OH is 1. The minimum Gasteiger partial charge on any atom is -0.396 e. The van der Waals surface area contributed by atoms with Crippen molar-refractivity contribution < 1.29 is 9.90 Å². The van der Waals surface area contributed by atoms with Crippen LogP contribution in [0.15, 0.2) is 29.3 Å². The van der Waals surface area contributed by atoms with Gasteiger partial charge in [0.05, 0.1) is 6.54 Å². The van der Waals surface area contributed by atoms with Gasteiger partial charge in [0.1, 0.15) is 0 Å². The van der Waals surface area contributed by atoms with Crippen LogP contribution in [0.2, 0.25) is 0 Å². The number of nitrogens with zero attached hydrogens (tertiary/aromatic N) is 1. The maximum absolute atomic E-state index is 12.0. The summed E-state index contributed by atoms with van der Waals surface area (Å²) in [7, 11) is 0. The highest BCUT2D eigenvalue weighted by Gasteiger charge is 2.31. The lowest BCUT2D eigenvalue weighted by Gasteiger charge is -2.37. The van der Waals surface area contributed by atoms with Gasteiger partial charge in [0.25, 0.3) is 5.91 Å². The second-order valence-corrected chi connectivity index (χ2v) is 7.64. The number of carbonyl (C=O) groups excluding carboxylic acids is 1. The van der Waals surface area contributed by atoms with Crippen molar-refractivity contribution in [2.24, 2.45) is 10.4 Å². The molecule has 0 unspecified atom stereocenters. The number of halogens is 1. The monoisotopic (exact) mass is 516 g/mol. The fourth-order valence-electron chi connectivity index (χ4n) is 3.91. The maximum atomic E-state index is 12.0. The number of hydrogen-bond donors (Lipinski definition) is 4. The largest absolute Gasteiger partial charge is 0.396 e. The normalized spacial score (nSPS) is 15.9. The lowest BCUT2D eigenvalue weighted by atomic mass is 9.72. The van der Waals surface area contributed by atoms with Gasteiger partial charge in [-0.25, -0.2) is 4.99 Å². The van der Waals surface area contributed by atoms with Crippen molar-refractivity contribution in [1.29, 1.82) is 0 Å². The molecule has 2 rings (SSSR count). The highest BCUT2D eigenvalue weighted by Crippen LogP contribution is 2.38. The molecule has 4 N–H and O–H groups in total. The number of amides is 1. The molecule has 1 aliphatic rings. The molecule has 1 saturated carbocycles. The molecule has 29 heavy (non-hydrogen) atoms. The summed E-state index contributed by atoms with van der Waals surface area (Å²) in [4.78, 5) is 16.7. The fraction of sp³-hybridized carbons (Fsp3) is 0.636. The van der Waals surface area contributed by atoms with E-state index in [2.05, 4.69) is 22.9 Å². The Hall–Kier alpha value is -1.35. The van der Waals surface area contributed by atoms with Crippen LogP contribution < -0.4 is 16.0 Å². The van der Waals surface area contributed by atoms with E-state index in [4.69, 9.17) is 4.99 Å². The molecule has 1 aromatic rings. The molecule has 0 aliphatic heterocycles. The summed E-state index contributed by atoms with van der Waals surface area (Å²) in [5.41, 5.74) is 1.83. The Labute approximate surface area is 192 Å². The predicted molar refractivity (Wildman–Crippen MR) is 130 cm³/mol. The van der Waals surface area contributed by atoms with E-state index in [1.54, 1.807) is 0 Å². The van der Waals surface area contributed by atoms with Gasteiger partial charge in [-0.1, -0.05) is 31.4 Å². The number of aliphatic hydroxyl groups is 1. The Balaban J connectivity index is 0.00000420. The lowest BCUT2D eigenvalue weighted by Crippen LogP contribution is -2.44. The average Bonchev–Trinajstić information content (AvgIpc) is 2.71. The molecule has 1 aliphatic carbocycles.